The van der Waals surface area contributed by atoms with Crippen molar-refractivity contribution in [3.63, 3.8) is 0 Å². The van der Waals surface area contributed by atoms with E-state index in [1.54, 1.807) is 0 Å². The minimum absolute atomic E-state index is 0.0761. The molecule has 2 rings (SSSR count). The van der Waals surface area contributed by atoms with Crippen LogP contribution in [0.25, 0.3) is 0 Å². The third-order valence-electron chi connectivity index (χ3n) is 3.92. The van der Waals surface area contributed by atoms with Crippen molar-refractivity contribution >= 4 is 0 Å². The van der Waals surface area contributed by atoms with E-state index in [-0.39, 0.29) is 5.72 Å². The molecule has 0 aromatic heterocycles. The van der Waals surface area contributed by atoms with Gasteiger partial charge in [0, 0.05) is 19.0 Å². The van der Waals surface area contributed by atoms with Crippen LogP contribution in [-0.2, 0) is 4.74 Å². The highest BCUT2D eigenvalue weighted by molar-refractivity contribution is 4.91. The molecule has 2 heterocycles. The molecular weight excluding hydrogens is 188 g/mol. The fourth-order valence-electron chi connectivity index (χ4n) is 2.88. The van der Waals surface area contributed by atoms with Gasteiger partial charge in [-0.05, 0) is 39.8 Å². The van der Waals surface area contributed by atoms with Crippen molar-refractivity contribution < 1.29 is 4.74 Å². The van der Waals surface area contributed by atoms with Crippen LogP contribution in [0.5, 0.6) is 0 Å². The summed E-state index contributed by atoms with van der Waals surface area (Å²) in [7, 11) is 0. The van der Waals surface area contributed by atoms with Crippen molar-refractivity contribution in [3.05, 3.63) is 0 Å². The van der Waals surface area contributed by atoms with Gasteiger partial charge >= 0.3 is 0 Å². The normalized spacial score (nSPS) is 43.4. The van der Waals surface area contributed by atoms with Gasteiger partial charge in [0.15, 0.2) is 0 Å². The number of rotatable bonds is 2. The van der Waals surface area contributed by atoms with Crippen LogP contribution in [0.4, 0.5) is 0 Å². The van der Waals surface area contributed by atoms with Crippen LogP contribution in [0.3, 0.4) is 0 Å². The van der Waals surface area contributed by atoms with Crippen molar-refractivity contribution in [1.82, 2.24) is 10.2 Å². The maximum absolute atomic E-state index is 6.04. The molecule has 3 heteroatoms. The first kappa shape index (κ1) is 11.4. The summed E-state index contributed by atoms with van der Waals surface area (Å²) in [5.41, 5.74) is -0.0761. The molecule has 2 fully saturated rings. The predicted molar refractivity (Wildman–Crippen MR) is 61.8 cm³/mol. The third kappa shape index (κ3) is 2.35. The van der Waals surface area contributed by atoms with E-state index in [4.69, 9.17) is 4.74 Å². The van der Waals surface area contributed by atoms with Crippen molar-refractivity contribution in [1.29, 1.82) is 0 Å². The van der Waals surface area contributed by atoms with Gasteiger partial charge in [-0.3, -0.25) is 5.32 Å². The van der Waals surface area contributed by atoms with E-state index < -0.39 is 0 Å². The molecule has 88 valence electrons. The summed E-state index contributed by atoms with van der Waals surface area (Å²) in [4.78, 5) is 2.54. The number of nitrogens with one attached hydrogen (secondary N) is 1. The molecule has 1 N–H and O–H groups in total. The Bertz CT molecular complexity index is 222. The van der Waals surface area contributed by atoms with Gasteiger partial charge in [-0.25, -0.2) is 0 Å². The second-order valence-electron chi connectivity index (χ2n) is 5.15. The average Bonchev–Trinajstić information content (AvgIpc) is 2.60. The quantitative estimate of drug-likeness (QED) is 0.749. The lowest BCUT2D eigenvalue weighted by atomic mass is 9.89. The molecule has 3 nitrogen and oxygen atoms in total. The maximum Gasteiger partial charge on any atom is 0.120 e. The summed E-state index contributed by atoms with van der Waals surface area (Å²) >= 11 is 0. The minimum atomic E-state index is -0.0761. The van der Waals surface area contributed by atoms with E-state index in [2.05, 4.69) is 31.0 Å². The largest absolute Gasteiger partial charge is 0.356 e. The number of hydrogen-bond donors (Lipinski definition) is 1. The Morgan fingerprint density at radius 2 is 2.33 bits per heavy atom. The Labute approximate surface area is 93.2 Å². The van der Waals surface area contributed by atoms with Crippen LogP contribution in [0.2, 0.25) is 0 Å². The zero-order valence-electron chi connectivity index (χ0n) is 10.3. The smallest absolute Gasteiger partial charge is 0.120 e. The first-order chi connectivity index (χ1) is 7.14. The summed E-state index contributed by atoms with van der Waals surface area (Å²) < 4.78 is 6.04. The highest BCUT2D eigenvalue weighted by atomic mass is 16.5. The van der Waals surface area contributed by atoms with Crippen LogP contribution >= 0.6 is 0 Å². The number of likely N-dealkylation sites (tertiary alicyclic amines) is 1. The van der Waals surface area contributed by atoms with Crippen molar-refractivity contribution in [2.45, 2.75) is 45.4 Å². The van der Waals surface area contributed by atoms with Gasteiger partial charge < -0.3 is 9.64 Å². The Balaban J connectivity index is 1.97. The van der Waals surface area contributed by atoms with Gasteiger partial charge in [0.25, 0.3) is 0 Å². The lowest BCUT2D eigenvalue weighted by Gasteiger charge is -2.40. The summed E-state index contributed by atoms with van der Waals surface area (Å²) in [5.74, 6) is 0.649. The highest BCUT2D eigenvalue weighted by Crippen LogP contribution is 2.31. The molecule has 15 heavy (non-hydrogen) atoms. The molecule has 2 saturated heterocycles. The first-order valence-corrected chi connectivity index (χ1v) is 6.29. The second kappa shape index (κ2) is 4.40. The van der Waals surface area contributed by atoms with Crippen LogP contribution in [0, 0.1) is 5.92 Å². The van der Waals surface area contributed by atoms with Crippen LogP contribution in [0.1, 0.15) is 33.6 Å². The molecule has 3 unspecified atom stereocenters. The lowest BCUT2D eigenvalue weighted by molar-refractivity contribution is -0.0892. The maximum atomic E-state index is 6.04. The Hall–Kier alpha value is -0.120. The fourth-order valence-corrected chi connectivity index (χ4v) is 2.88. The van der Waals surface area contributed by atoms with E-state index in [9.17, 15) is 0 Å². The average molecular weight is 212 g/mol. The Morgan fingerprint density at radius 3 is 2.93 bits per heavy atom. The van der Waals surface area contributed by atoms with Crippen molar-refractivity contribution in [2.24, 2.45) is 5.92 Å². The van der Waals surface area contributed by atoms with Gasteiger partial charge in [0.05, 0.1) is 6.10 Å². The lowest BCUT2D eigenvalue weighted by Crippen LogP contribution is -2.52. The summed E-state index contributed by atoms with van der Waals surface area (Å²) in [5, 5.41) is 3.55. The minimum Gasteiger partial charge on any atom is -0.356 e. The van der Waals surface area contributed by atoms with Crippen LogP contribution in [-0.4, -0.2) is 42.9 Å². The zero-order valence-corrected chi connectivity index (χ0v) is 10.3. The summed E-state index contributed by atoms with van der Waals surface area (Å²) in [6.45, 7) is 11.2. The summed E-state index contributed by atoms with van der Waals surface area (Å²) in [6, 6.07) is 0. The molecule has 0 spiro atoms. The molecule has 0 radical (unpaired) electrons. The van der Waals surface area contributed by atoms with E-state index in [0.29, 0.717) is 12.0 Å². The van der Waals surface area contributed by atoms with Crippen molar-refractivity contribution in [3.8, 4) is 0 Å². The molecule has 0 aromatic rings. The molecule has 2 aliphatic rings. The Kier molecular flexibility index (Phi) is 3.33. The van der Waals surface area contributed by atoms with E-state index >= 15 is 0 Å². The van der Waals surface area contributed by atoms with Crippen LogP contribution in [0.15, 0.2) is 0 Å². The molecule has 3 atom stereocenters. The highest BCUT2D eigenvalue weighted by Gasteiger charge is 2.42. The number of piperidine rings is 1. The van der Waals surface area contributed by atoms with Gasteiger partial charge in [0.2, 0.25) is 0 Å². The summed E-state index contributed by atoms with van der Waals surface area (Å²) in [6.07, 6.45) is 2.98. The standard InChI is InChI=1S/C12H24N2O/c1-4-14-7-5-6-11(9-14)12(3)13-8-10(2)15-12/h10-11,13H,4-9H2,1-3H3. The number of ether oxygens (including phenoxy) is 1. The SMILES string of the molecule is CCN1CCCC(C2(C)NCC(C)O2)C1. The molecule has 0 aromatic carbocycles. The van der Waals surface area contributed by atoms with E-state index in [1.165, 1.54) is 32.5 Å². The van der Waals surface area contributed by atoms with Gasteiger partial charge in [-0.2, -0.15) is 0 Å². The fraction of sp³-hybridized carbons (Fsp3) is 1.00. The topological polar surface area (TPSA) is 24.5 Å². The predicted octanol–water partition coefficient (Wildman–Crippen LogP) is 1.44. The first-order valence-electron chi connectivity index (χ1n) is 6.29. The molecule has 2 aliphatic heterocycles. The second-order valence-corrected chi connectivity index (χ2v) is 5.15. The molecular formula is C12H24N2O. The monoisotopic (exact) mass is 212 g/mol. The number of hydrogen-bond acceptors (Lipinski definition) is 3. The van der Waals surface area contributed by atoms with Crippen LogP contribution < -0.4 is 5.32 Å². The zero-order chi connectivity index (χ0) is 10.9. The van der Waals surface area contributed by atoms with Gasteiger partial charge in [-0.15, -0.1) is 0 Å². The Morgan fingerprint density at radius 1 is 1.53 bits per heavy atom. The molecule has 0 bridgehead atoms. The molecule has 0 saturated carbocycles. The molecule has 0 amide bonds. The van der Waals surface area contributed by atoms with E-state index in [0.717, 1.165) is 6.54 Å². The van der Waals surface area contributed by atoms with Gasteiger partial charge in [0.1, 0.15) is 5.72 Å². The van der Waals surface area contributed by atoms with E-state index in [1.807, 2.05) is 0 Å². The number of nitrogens with zero attached hydrogens (tertiary/aromatic N) is 1. The van der Waals surface area contributed by atoms with Crippen molar-refractivity contribution in [2.75, 3.05) is 26.2 Å². The third-order valence-corrected chi connectivity index (χ3v) is 3.92. The van der Waals surface area contributed by atoms with Gasteiger partial charge in [-0.1, -0.05) is 6.92 Å². The molecule has 0 aliphatic carbocycles.